The van der Waals surface area contributed by atoms with Gasteiger partial charge in [-0.25, -0.2) is 4.79 Å². The van der Waals surface area contributed by atoms with Gasteiger partial charge in [0.05, 0.1) is 5.69 Å². The maximum Gasteiger partial charge on any atom is 0.410 e. The van der Waals surface area contributed by atoms with Crippen LogP contribution >= 0.6 is 24.0 Å². The van der Waals surface area contributed by atoms with E-state index < -0.39 is 5.60 Å². The zero-order chi connectivity index (χ0) is 23.9. The molecule has 8 nitrogen and oxygen atoms in total. The van der Waals surface area contributed by atoms with E-state index in [0.717, 1.165) is 62.0 Å². The van der Waals surface area contributed by atoms with E-state index in [2.05, 4.69) is 29.2 Å². The SMILES string of the molecule is CCNC(=NCC(C)c1c(C)noc1C)N1CCC(CN(CC)C(=O)OC(C)(C)C)CC1.I. The lowest BCUT2D eigenvalue weighted by Crippen LogP contribution is -2.48. The van der Waals surface area contributed by atoms with E-state index in [1.807, 2.05) is 46.4 Å². The normalized spacial score (nSPS) is 16.2. The number of nitrogens with zero attached hydrogens (tertiary/aromatic N) is 4. The first-order chi connectivity index (χ1) is 15.1. The Morgan fingerprint density at radius 3 is 2.42 bits per heavy atom. The van der Waals surface area contributed by atoms with Crippen LogP contribution in [0.2, 0.25) is 0 Å². The van der Waals surface area contributed by atoms with Crippen molar-refractivity contribution >= 4 is 36.0 Å². The number of hydrogen-bond acceptors (Lipinski definition) is 5. The van der Waals surface area contributed by atoms with Gasteiger partial charge in [0.1, 0.15) is 11.4 Å². The van der Waals surface area contributed by atoms with E-state index in [4.69, 9.17) is 14.3 Å². The number of carbonyl (C=O) groups excluding carboxylic acids is 1. The smallest absolute Gasteiger partial charge is 0.410 e. The van der Waals surface area contributed by atoms with E-state index in [-0.39, 0.29) is 36.0 Å². The number of aryl methyl sites for hydroxylation is 2. The molecule has 0 saturated carbocycles. The summed E-state index contributed by atoms with van der Waals surface area (Å²) in [4.78, 5) is 21.6. The van der Waals surface area contributed by atoms with Crippen molar-refractivity contribution in [3.63, 3.8) is 0 Å². The van der Waals surface area contributed by atoms with Gasteiger partial charge in [0.25, 0.3) is 0 Å². The molecule has 0 aliphatic carbocycles. The molecule has 0 radical (unpaired) electrons. The fourth-order valence-corrected chi connectivity index (χ4v) is 4.23. The highest BCUT2D eigenvalue weighted by atomic mass is 127. The lowest BCUT2D eigenvalue weighted by Gasteiger charge is -2.36. The Bertz CT molecular complexity index is 747. The second kappa shape index (κ2) is 13.4. The molecule has 1 fully saturated rings. The average molecular weight is 578 g/mol. The lowest BCUT2D eigenvalue weighted by molar-refractivity contribution is 0.0214. The summed E-state index contributed by atoms with van der Waals surface area (Å²) >= 11 is 0. The van der Waals surface area contributed by atoms with Crippen LogP contribution in [0.1, 0.15) is 77.3 Å². The van der Waals surface area contributed by atoms with Gasteiger partial charge < -0.3 is 24.4 Å². The number of halogens is 1. The van der Waals surface area contributed by atoms with Gasteiger partial charge in [0.2, 0.25) is 0 Å². The molecule has 1 aliphatic rings. The number of amides is 1. The summed E-state index contributed by atoms with van der Waals surface area (Å²) in [6.07, 6.45) is 1.84. The third kappa shape index (κ3) is 8.98. The van der Waals surface area contributed by atoms with E-state index in [1.165, 1.54) is 0 Å². The molecule has 1 saturated heterocycles. The molecule has 1 aromatic heterocycles. The second-order valence-corrected chi connectivity index (χ2v) is 9.78. The fourth-order valence-electron chi connectivity index (χ4n) is 4.23. The molecular weight excluding hydrogens is 533 g/mol. The van der Waals surface area contributed by atoms with Crippen molar-refractivity contribution in [2.24, 2.45) is 10.9 Å². The van der Waals surface area contributed by atoms with Crippen LogP contribution < -0.4 is 5.32 Å². The number of piperidine rings is 1. The first kappa shape index (κ1) is 29.5. The highest BCUT2D eigenvalue weighted by Gasteiger charge is 2.27. The zero-order valence-corrected chi connectivity index (χ0v) is 24.1. The number of hydrogen-bond donors (Lipinski definition) is 1. The molecule has 9 heteroatoms. The summed E-state index contributed by atoms with van der Waals surface area (Å²) in [6.45, 7) is 20.7. The maximum absolute atomic E-state index is 12.5. The molecule has 190 valence electrons. The second-order valence-electron chi connectivity index (χ2n) is 9.78. The summed E-state index contributed by atoms with van der Waals surface area (Å²) in [6, 6.07) is 0. The third-order valence-corrected chi connectivity index (χ3v) is 5.86. The van der Waals surface area contributed by atoms with E-state index >= 15 is 0 Å². The molecular formula is C24H44IN5O3. The quantitative estimate of drug-likeness (QED) is 0.281. The Kier molecular flexibility index (Phi) is 12.0. The largest absolute Gasteiger partial charge is 0.444 e. The maximum atomic E-state index is 12.5. The number of guanidine groups is 1. The van der Waals surface area contributed by atoms with Crippen LogP contribution in [-0.4, -0.2) is 71.9 Å². The number of ether oxygens (including phenoxy) is 1. The van der Waals surface area contributed by atoms with Crippen LogP contribution in [0, 0.1) is 19.8 Å². The number of carbonyl (C=O) groups is 1. The minimum atomic E-state index is -0.466. The highest BCUT2D eigenvalue weighted by molar-refractivity contribution is 14.0. The lowest BCUT2D eigenvalue weighted by atomic mass is 9.96. The Balaban J connectivity index is 0.00000544. The number of nitrogens with one attached hydrogen (secondary N) is 1. The van der Waals surface area contributed by atoms with Crippen molar-refractivity contribution in [2.45, 2.75) is 79.8 Å². The first-order valence-corrected chi connectivity index (χ1v) is 12.0. The van der Waals surface area contributed by atoms with Crippen molar-refractivity contribution in [2.75, 3.05) is 39.3 Å². The summed E-state index contributed by atoms with van der Waals surface area (Å²) in [5, 5.41) is 7.52. The van der Waals surface area contributed by atoms with E-state index in [1.54, 1.807) is 0 Å². The molecule has 2 rings (SSSR count). The number of aromatic nitrogens is 1. The molecule has 1 unspecified atom stereocenters. The van der Waals surface area contributed by atoms with Crippen molar-refractivity contribution in [3.8, 4) is 0 Å². The predicted octanol–water partition coefficient (Wildman–Crippen LogP) is 4.95. The van der Waals surface area contributed by atoms with Crippen LogP contribution in [0.4, 0.5) is 4.79 Å². The van der Waals surface area contributed by atoms with Gasteiger partial charge in [-0.15, -0.1) is 24.0 Å². The van der Waals surface area contributed by atoms with Gasteiger partial charge in [-0.3, -0.25) is 4.99 Å². The van der Waals surface area contributed by atoms with Crippen molar-refractivity contribution in [1.82, 2.24) is 20.3 Å². The molecule has 0 spiro atoms. The molecule has 1 aromatic rings. The van der Waals surface area contributed by atoms with E-state index in [0.29, 0.717) is 19.0 Å². The fraction of sp³-hybridized carbons (Fsp3) is 0.792. The summed E-state index contributed by atoms with van der Waals surface area (Å²) in [5.41, 5.74) is 1.64. The van der Waals surface area contributed by atoms with Gasteiger partial charge in [-0.2, -0.15) is 0 Å². The Labute approximate surface area is 216 Å². The third-order valence-electron chi connectivity index (χ3n) is 5.86. The molecule has 0 bridgehead atoms. The minimum absolute atomic E-state index is 0. The van der Waals surface area contributed by atoms with Crippen molar-refractivity contribution < 1.29 is 14.1 Å². The van der Waals surface area contributed by atoms with Gasteiger partial charge >= 0.3 is 6.09 Å². The first-order valence-electron chi connectivity index (χ1n) is 12.0. The van der Waals surface area contributed by atoms with Crippen molar-refractivity contribution in [3.05, 3.63) is 17.0 Å². The predicted molar refractivity (Wildman–Crippen MR) is 144 cm³/mol. The van der Waals surface area contributed by atoms with Crippen molar-refractivity contribution in [1.29, 1.82) is 0 Å². The van der Waals surface area contributed by atoms with Gasteiger partial charge in [0.15, 0.2) is 5.96 Å². The van der Waals surface area contributed by atoms with Crippen LogP contribution in [0.3, 0.4) is 0 Å². The minimum Gasteiger partial charge on any atom is -0.444 e. The topological polar surface area (TPSA) is 83.2 Å². The Morgan fingerprint density at radius 2 is 1.94 bits per heavy atom. The summed E-state index contributed by atoms with van der Waals surface area (Å²) < 4.78 is 10.9. The van der Waals surface area contributed by atoms with Gasteiger partial charge in [0, 0.05) is 50.7 Å². The zero-order valence-electron chi connectivity index (χ0n) is 21.7. The number of likely N-dealkylation sites (tertiary alicyclic amines) is 1. The number of aliphatic imine (C=N–C) groups is 1. The monoisotopic (exact) mass is 577 g/mol. The van der Waals surface area contributed by atoms with Crippen LogP contribution in [-0.2, 0) is 4.74 Å². The Hall–Kier alpha value is -1.52. The average Bonchev–Trinajstić information content (AvgIpc) is 3.06. The summed E-state index contributed by atoms with van der Waals surface area (Å²) in [7, 11) is 0. The van der Waals surface area contributed by atoms with E-state index in [9.17, 15) is 4.79 Å². The van der Waals surface area contributed by atoms with Crippen LogP contribution in [0.25, 0.3) is 0 Å². The van der Waals surface area contributed by atoms with Gasteiger partial charge in [-0.1, -0.05) is 12.1 Å². The highest BCUT2D eigenvalue weighted by Crippen LogP contribution is 2.24. The summed E-state index contributed by atoms with van der Waals surface area (Å²) in [5.74, 6) is 2.56. The molecule has 0 aromatic carbocycles. The Morgan fingerprint density at radius 1 is 1.30 bits per heavy atom. The van der Waals surface area contributed by atoms with Crippen LogP contribution in [0.5, 0.6) is 0 Å². The molecule has 1 aliphatic heterocycles. The molecule has 1 N–H and O–H groups in total. The van der Waals surface area contributed by atoms with Crippen LogP contribution in [0.15, 0.2) is 9.52 Å². The van der Waals surface area contributed by atoms with Gasteiger partial charge in [-0.05, 0) is 67.2 Å². The standard InChI is InChI=1S/C24H43N5O3.HI/c1-9-25-22(26-15-17(3)21-18(4)27-32-19(21)5)29-13-11-20(12-14-29)16-28(10-2)23(30)31-24(6,7)8;/h17,20H,9-16H2,1-8H3,(H,25,26);1H. The molecule has 33 heavy (non-hydrogen) atoms. The molecule has 1 atom stereocenters. The molecule has 1 amide bonds. The molecule has 2 heterocycles. The number of rotatable bonds is 7.